The first kappa shape index (κ1) is 13.4. The van der Waals surface area contributed by atoms with Gasteiger partial charge in [-0.05, 0) is 49.2 Å². The number of rotatable bonds is 3. The predicted octanol–water partition coefficient (Wildman–Crippen LogP) is 2.69. The summed E-state index contributed by atoms with van der Waals surface area (Å²) in [5, 5.41) is 0. The lowest BCUT2D eigenvalue weighted by atomic mass is 10.1. The van der Waals surface area contributed by atoms with Gasteiger partial charge in [-0.2, -0.15) is 0 Å². The third-order valence-electron chi connectivity index (χ3n) is 2.98. The van der Waals surface area contributed by atoms with Crippen LogP contribution in [0.5, 0.6) is 0 Å². The Hall–Kier alpha value is -2.01. The van der Waals surface area contributed by atoms with E-state index in [0.29, 0.717) is 11.4 Å². The molecule has 0 aromatic heterocycles. The van der Waals surface area contributed by atoms with Crippen molar-refractivity contribution in [2.45, 2.75) is 18.7 Å². The minimum atomic E-state index is -3.59. The summed E-state index contributed by atoms with van der Waals surface area (Å²) in [6.07, 6.45) is 0. The Morgan fingerprint density at radius 2 is 1.74 bits per heavy atom. The number of aryl methyl sites for hydroxylation is 1. The maximum atomic E-state index is 12.3. The van der Waals surface area contributed by atoms with Crippen LogP contribution < -0.4 is 10.5 Å². The SMILES string of the molecule is Cc1cccc(S(=O)(=O)Nc2cccc(N)c2)c1C. The Balaban J connectivity index is 2.41. The highest BCUT2D eigenvalue weighted by molar-refractivity contribution is 7.92. The van der Waals surface area contributed by atoms with Gasteiger partial charge in [-0.1, -0.05) is 18.2 Å². The smallest absolute Gasteiger partial charge is 0.262 e. The molecule has 0 bridgehead atoms. The van der Waals surface area contributed by atoms with Crippen molar-refractivity contribution in [1.29, 1.82) is 0 Å². The van der Waals surface area contributed by atoms with Crippen LogP contribution in [0.3, 0.4) is 0 Å². The molecule has 0 atom stereocenters. The van der Waals surface area contributed by atoms with Gasteiger partial charge in [-0.25, -0.2) is 8.42 Å². The maximum absolute atomic E-state index is 12.3. The fourth-order valence-corrected chi connectivity index (χ4v) is 3.20. The molecule has 0 amide bonds. The minimum absolute atomic E-state index is 0.287. The summed E-state index contributed by atoms with van der Waals surface area (Å²) in [5.74, 6) is 0. The van der Waals surface area contributed by atoms with Crippen molar-refractivity contribution in [3.8, 4) is 0 Å². The molecule has 2 aromatic carbocycles. The van der Waals surface area contributed by atoms with Gasteiger partial charge in [-0.3, -0.25) is 4.72 Å². The summed E-state index contributed by atoms with van der Waals surface area (Å²) in [6.45, 7) is 3.68. The highest BCUT2D eigenvalue weighted by Gasteiger charge is 2.17. The lowest BCUT2D eigenvalue weighted by Crippen LogP contribution is -2.14. The van der Waals surface area contributed by atoms with Crippen LogP contribution in [0.4, 0.5) is 11.4 Å². The van der Waals surface area contributed by atoms with E-state index in [1.165, 1.54) is 0 Å². The van der Waals surface area contributed by atoms with Gasteiger partial charge in [0.15, 0.2) is 0 Å². The zero-order chi connectivity index (χ0) is 14.0. The molecule has 3 N–H and O–H groups in total. The zero-order valence-electron chi connectivity index (χ0n) is 10.8. The fourth-order valence-electron chi connectivity index (χ4n) is 1.83. The summed E-state index contributed by atoms with van der Waals surface area (Å²) in [6, 6.07) is 11.9. The van der Waals surface area contributed by atoms with Gasteiger partial charge in [0, 0.05) is 5.69 Å². The monoisotopic (exact) mass is 276 g/mol. The lowest BCUT2D eigenvalue weighted by Gasteiger charge is -2.12. The molecule has 0 aliphatic carbocycles. The number of nitrogens with two attached hydrogens (primary N) is 1. The van der Waals surface area contributed by atoms with Gasteiger partial charge in [-0.15, -0.1) is 0 Å². The molecule has 2 aromatic rings. The van der Waals surface area contributed by atoms with Crippen LogP contribution in [-0.2, 0) is 10.0 Å². The highest BCUT2D eigenvalue weighted by Crippen LogP contribution is 2.22. The van der Waals surface area contributed by atoms with Crippen molar-refractivity contribution in [3.63, 3.8) is 0 Å². The Bertz CT molecular complexity index is 709. The molecule has 0 unspecified atom stereocenters. The van der Waals surface area contributed by atoms with Crippen LogP contribution in [0.25, 0.3) is 0 Å². The summed E-state index contributed by atoms with van der Waals surface area (Å²) >= 11 is 0. The standard InChI is InChI=1S/C14H16N2O2S/c1-10-5-3-8-14(11(10)2)19(17,18)16-13-7-4-6-12(15)9-13/h3-9,16H,15H2,1-2H3. The molecular weight excluding hydrogens is 260 g/mol. The number of nitrogens with one attached hydrogen (secondary N) is 1. The Labute approximate surface area is 113 Å². The van der Waals surface area contributed by atoms with Gasteiger partial charge < -0.3 is 5.73 Å². The van der Waals surface area contributed by atoms with Gasteiger partial charge >= 0.3 is 0 Å². The second-order valence-corrected chi connectivity index (χ2v) is 6.08. The van der Waals surface area contributed by atoms with Gasteiger partial charge in [0.25, 0.3) is 10.0 Å². The molecule has 100 valence electrons. The predicted molar refractivity (Wildman–Crippen MR) is 77.6 cm³/mol. The number of benzene rings is 2. The van der Waals surface area contributed by atoms with E-state index in [1.807, 2.05) is 13.0 Å². The molecule has 0 aliphatic rings. The third-order valence-corrected chi connectivity index (χ3v) is 4.51. The van der Waals surface area contributed by atoms with E-state index >= 15 is 0 Å². The van der Waals surface area contributed by atoms with E-state index in [4.69, 9.17) is 5.73 Å². The van der Waals surface area contributed by atoms with Crippen molar-refractivity contribution in [1.82, 2.24) is 0 Å². The van der Waals surface area contributed by atoms with Crippen molar-refractivity contribution in [2.24, 2.45) is 0 Å². The molecule has 0 aliphatic heterocycles. The number of hydrogen-bond donors (Lipinski definition) is 2. The third kappa shape index (κ3) is 2.88. The zero-order valence-corrected chi connectivity index (χ0v) is 11.7. The molecule has 0 saturated carbocycles. The van der Waals surface area contributed by atoms with Gasteiger partial charge in [0.05, 0.1) is 10.6 Å². The van der Waals surface area contributed by atoms with E-state index in [1.54, 1.807) is 43.3 Å². The molecule has 19 heavy (non-hydrogen) atoms. The molecule has 5 heteroatoms. The number of hydrogen-bond acceptors (Lipinski definition) is 3. The second-order valence-electron chi connectivity index (χ2n) is 4.43. The molecule has 0 radical (unpaired) electrons. The van der Waals surface area contributed by atoms with Crippen LogP contribution in [0.15, 0.2) is 47.4 Å². The molecule has 0 saturated heterocycles. The largest absolute Gasteiger partial charge is 0.399 e. The quantitative estimate of drug-likeness (QED) is 0.847. The van der Waals surface area contributed by atoms with Crippen LogP contribution in [0.2, 0.25) is 0 Å². The van der Waals surface area contributed by atoms with Crippen molar-refractivity contribution in [2.75, 3.05) is 10.5 Å². The first-order valence-corrected chi connectivity index (χ1v) is 7.33. The van der Waals surface area contributed by atoms with Gasteiger partial charge in [0.1, 0.15) is 0 Å². The first-order chi connectivity index (χ1) is 8.90. The summed E-state index contributed by atoms with van der Waals surface area (Å²) < 4.78 is 27.2. The van der Waals surface area contributed by atoms with Crippen LogP contribution in [0, 0.1) is 13.8 Å². The number of sulfonamides is 1. The van der Waals surface area contributed by atoms with Crippen molar-refractivity contribution >= 4 is 21.4 Å². The first-order valence-electron chi connectivity index (χ1n) is 5.85. The van der Waals surface area contributed by atoms with E-state index in [-0.39, 0.29) is 4.90 Å². The molecule has 0 spiro atoms. The van der Waals surface area contributed by atoms with Crippen LogP contribution in [-0.4, -0.2) is 8.42 Å². The van der Waals surface area contributed by atoms with Gasteiger partial charge in [0.2, 0.25) is 0 Å². The second kappa shape index (κ2) is 4.93. The molecular formula is C14H16N2O2S. The average molecular weight is 276 g/mol. The summed E-state index contributed by atoms with van der Waals surface area (Å²) in [5.41, 5.74) is 8.30. The van der Waals surface area contributed by atoms with E-state index in [2.05, 4.69) is 4.72 Å². The number of nitrogen functional groups attached to an aromatic ring is 1. The van der Waals surface area contributed by atoms with E-state index < -0.39 is 10.0 Å². The summed E-state index contributed by atoms with van der Waals surface area (Å²) in [4.78, 5) is 0.287. The maximum Gasteiger partial charge on any atom is 0.262 e. The summed E-state index contributed by atoms with van der Waals surface area (Å²) in [7, 11) is -3.59. The normalized spacial score (nSPS) is 11.3. The molecule has 4 nitrogen and oxygen atoms in total. The highest BCUT2D eigenvalue weighted by atomic mass is 32.2. The minimum Gasteiger partial charge on any atom is -0.399 e. The lowest BCUT2D eigenvalue weighted by molar-refractivity contribution is 0.600. The Kier molecular flexibility index (Phi) is 3.48. The fraction of sp³-hybridized carbons (Fsp3) is 0.143. The molecule has 0 fully saturated rings. The molecule has 0 heterocycles. The molecule has 2 rings (SSSR count). The van der Waals surface area contributed by atoms with Crippen LogP contribution in [0.1, 0.15) is 11.1 Å². The topological polar surface area (TPSA) is 72.2 Å². The number of anilines is 2. The average Bonchev–Trinajstić information content (AvgIpc) is 2.32. The van der Waals surface area contributed by atoms with Crippen molar-refractivity contribution in [3.05, 3.63) is 53.6 Å². The van der Waals surface area contributed by atoms with E-state index in [0.717, 1.165) is 11.1 Å². The Morgan fingerprint density at radius 3 is 2.42 bits per heavy atom. The Morgan fingerprint density at radius 1 is 1.05 bits per heavy atom. The van der Waals surface area contributed by atoms with Crippen molar-refractivity contribution < 1.29 is 8.42 Å². The van der Waals surface area contributed by atoms with Crippen LogP contribution >= 0.6 is 0 Å². The van der Waals surface area contributed by atoms with E-state index in [9.17, 15) is 8.42 Å².